The Morgan fingerprint density at radius 3 is 2.62 bits per heavy atom. The Kier molecular flexibility index (Phi) is 2.11. The predicted octanol–water partition coefficient (Wildman–Crippen LogP) is 3.05. The van der Waals surface area contributed by atoms with Crippen LogP contribution in [0.1, 0.15) is 0 Å². The van der Waals surface area contributed by atoms with Gasteiger partial charge in [-0.1, -0.05) is 23.7 Å². The van der Waals surface area contributed by atoms with Crippen LogP contribution in [-0.4, -0.2) is 14.6 Å². The van der Waals surface area contributed by atoms with E-state index < -0.39 is 0 Å². The van der Waals surface area contributed by atoms with E-state index in [2.05, 4.69) is 10.1 Å². The highest BCUT2D eigenvalue weighted by molar-refractivity contribution is 6.30. The number of benzene rings is 1. The molecular weight excluding hydrogens is 222 g/mol. The van der Waals surface area contributed by atoms with Gasteiger partial charge in [0.1, 0.15) is 0 Å². The minimum Gasteiger partial charge on any atom is -0.229 e. The van der Waals surface area contributed by atoms with E-state index in [-0.39, 0.29) is 0 Å². The minimum atomic E-state index is 0.731. The molecule has 0 aliphatic heterocycles. The highest BCUT2D eigenvalue weighted by atomic mass is 35.5. The minimum absolute atomic E-state index is 0.731. The van der Waals surface area contributed by atoms with Gasteiger partial charge in [-0.15, -0.1) is 0 Å². The molecule has 0 fully saturated rings. The van der Waals surface area contributed by atoms with Crippen LogP contribution >= 0.6 is 11.6 Å². The van der Waals surface area contributed by atoms with Crippen molar-refractivity contribution in [2.24, 2.45) is 0 Å². The van der Waals surface area contributed by atoms with Gasteiger partial charge in [-0.2, -0.15) is 5.10 Å². The molecular formula is C12H8ClN3. The standard InChI is InChI=1S/C12H8ClN3/c13-10-3-1-9(2-4-10)11-6-8-16-12(15-11)5-7-14-16/h1-8H. The monoisotopic (exact) mass is 229 g/mol. The van der Waals surface area contributed by atoms with Crippen LogP contribution in [0.15, 0.2) is 48.8 Å². The van der Waals surface area contributed by atoms with Gasteiger partial charge in [0, 0.05) is 22.8 Å². The maximum Gasteiger partial charge on any atom is 0.155 e. The molecule has 3 rings (SSSR count). The summed E-state index contributed by atoms with van der Waals surface area (Å²) < 4.78 is 1.74. The van der Waals surface area contributed by atoms with Gasteiger partial charge in [-0.3, -0.25) is 0 Å². The van der Waals surface area contributed by atoms with Crippen LogP contribution in [0.3, 0.4) is 0 Å². The zero-order valence-corrected chi connectivity index (χ0v) is 9.09. The van der Waals surface area contributed by atoms with Gasteiger partial charge in [0.25, 0.3) is 0 Å². The number of nitrogens with zero attached hydrogens (tertiary/aromatic N) is 3. The maximum atomic E-state index is 5.84. The third-order valence-corrected chi connectivity index (χ3v) is 2.65. The first-order valence-electron chi connectivity index (χ1n) is 4.89. The van der Waals surface area contributed by atoms with Crippen LogP contribution in [0.4, 0.5) is 0 Å². The molecule has 2 heterocycles. The summed E-state index contributed by atoms with van der Waals surface area (Å²) in [6.07, 6.45) is 3.63. The zero-order chi connectivity index (χ0) is 11.0. The van der Waals surface area contributed by atoms with E-state index in [1.54, 1.807) is 10.7 Å². The Labute approximate surface area is 97.3 Å². The fourth-order valence-corrected chi connectivity index (χ4v) is 1.72. The van der Waals surface area contributed by atoms with Crippen LogP contribution in [-0.2, 0) is 0 Å². The van der Waals surface area contributed by atoms with Crippen molar-refractivity contribution < 1.29 is 0 Å². The molecule has 1 aromatic carbocycles. The van der Waals surface area contributed by atoms with Crippen molar-refractivity contribution in [1.29, 1.82) is 0 Å². The molecule has 0 saturated carbocycles. The third kappa shape index (κ3) is 1.55. The summed E-state index contributed by atoms with van der Waals surface area (Å²) in [5.74, 6) is 0. The lowest BCUT2D eigenvalue weighted by atomic mass is 10.1. The Balaban J connectivity index is 2.14. The van der Waals surface area contributed by atoms with Gasteiger partial charge in [-0.05, 0) is 18.2 Å². The van der Waals surface area contributed by atoms with Crippen molar-refractivity contribution in [2.75, 3.05) is 0 Å². The summed E-state index contributed by atoms with van der Waals surface area (Å²) in [6, 6.07) is 11.4. The number of hydrogen-bond acceptors (Lipinski definition) is 2. The highest BCUT2D eigenvalue weighted by Crippen LogP contribution is 2.19. The van der Waals surface area contributed by atoms with Crippen molar-refractivity contribution in [3.63, 3.8) is 0 Å². The maximum absolute atomic E-state index is 5.84. The average molecular weight is 230 g/mol. The van der Waals surface area contributed by atoms with Gasteiger partial charge >= 0.3 is 0 Å². The quantitative estimate of drug-likeness (QED) is 0.642. The Bertz CT molecular complexity index is 628. The summed E-state index contributed by atoms with van der Waals surface area (Å²) in [6.45, 7) is 0. The molecule has 16 heavy (non-hydrogen) atoms. The van der Waals surface area contributed by atoms with E-state index in [1.165, 1.54) is 0 Å². The summed E-state index contributed by atoms with van der Waals surface area (Å²) in [5, 5.41) is 4.83. The summed E-state index contributed by atoms with van der Waals surface area (Å²) in [4.78, 5) is 4.49. The lowest BCUT2D eigenvalue weighted by Gasteiger charge is -2.01. The van der Waals surface area contributed by atoms with Gasteiger partial charge in [0.15, 0.2) is 5.65 Å². The molecule has 0 amide bonds. The molecule has 4 heteroatoms. The number of fused-ring (bicyclic) bond motifs is 1. The van der Waals surface area contributed by atoms with Gasteiger partial charge in [0.2, 0.25) is 0 Å². The van der Waals surface area contributed by atoms with Crippen molar-refractivity contribution >= 4 is 17.2 Å². The molecule has 0 bridgehead atoms. The fraction of sp³-hybridized carbons (Fsp3) is 0. The van der Waals surface area contributed by atoms with Crippen LogP contribution in [0, 0.1) is 0 Å². The largest absolute Gasteiger partial charge is 0.229 e. The highest BCUT2D eigenvalue weighted by Gasteiger charge is 2.01. The zero-order valence-electron chi connectivity index (χ0n) is 8.34. The first kappa shape index (κ1) is 9.36. The van der Waals surface area contributed by atoms with Gasteiger partial charge < -0.3 is 0 Å². The molecule has 0 radical (unpaired) electrons. The summed E-state index contributed by atoms with van der Waals surface area (Å²) in [7, 11) is 0. The molecule has 3 aromatic rings. The number of rotatable bonds is 1. The van der Waals surface area contributed by atoms with Crippen LogP contribution < -0.4 is 0 Å². The molecule has 3 nitrogen and oxygen atoms in total. The average Bonchev–Trinajstić information content (AvgIpc) is 2.77. The molecule has 0 aliphatic carbocycles. The Morgan fingerprint density at radius 1 is 1.00 bits per heavy atom. The van der Waals surface area contributed by atoms with Gasteiger partial charge in [0.05, 0.1) is 11.9 Å². The van der Waals surface area contributed by atoms with E-state index in [0.29, 0.717) is 0 Å². The van der Waals surface area contributed by atoms with Crippen LogP contribution in [0.25, 0.3) is 16.9 Å². The second-order valence-electron chi connectivity index (χ2n) is 3.45. The van der Waals surface area contributed by atoms with Crippen LogP contribution in [0.2, 0.25) is 5.02 Å². The second kappa shape index (κ2) is 3.61. The molecule has 0 spiro atoms. The summed E-state index contributed by atoms with van der Waals surface area (Å²) in [5.41, 5.74) is 2.81. The SMILES string of the molecule is Clc1ccc(-c2ccn3nccc3n2)cc1. The van der Waals surface area contributed by atoms with Crippen molar-refractivity contribution in [1.82, 2.24) is 14.6 Å². The third-order valence-electron chi connectivity index (χ3n) is 2.40. The van der Waals surface area contributed by atoms with E-state index in [1.807, 2.05) is 42.6 Å². The van der Waals surface area contributed by atoms with E-state index >= 15 is 0 Å². The van der Waals surface area contributed by atoms with Crippen molar-refractivity contribution in [2.45, 2.75) is 0 Å². The lowest BCUT2D eigenvalue weighted by Crippen LogP contribution is -1.91. The van der Waals surface area contributed by atoms with Crippen LogP contribution in [0.5, 0.6) is 0 Å². The van der Waals surface area contributed by atoms with Crippen molar-refractivity contribution in [3.05, 3.63) is 53.8 Å². The molecule has 0 N–H and O–H groups in total. The molecule has 78 valence electrons. The van der Waals surface area contributed by atoms with E-state index in [4.69, 9.17) is 11.6 Å². The summed E-state index contributed by atoms with van der Waals surface area (Å²) >= 11 is 5.84. The molecule has 0 aliphatic rings. The molecule has 0 unspecified atom stereocenters. The smallest absolute Gasteiger partial charge is 0.155 e. The molecule has 0 saturated heterocycles. The normalized spacial score (nSPS) is 10.8. The lowest BCUT2D eigenvalue weighted by molar-refractivity contribution is 0.941. The predicted molar refractivity (Wildman–Crippen MR) is 63.4 cm³/mol. The molecule has 2 aromatic heterocycles. The first-order chi connectivity index (χ1) is 7.83. The van der Waals surface area contributed by atoms with E-state index in [0.717, 1.165) is 21.9 Å². The first-order valence-corrected chi connectivity index (χ1v) is 5.27. The Morgan fingerprint density at radius 2 is 1.81 bits per heavy atom. The molecule has 0 atom stereocenters. The number of halogens is 1. The van der Waals surface area contributed by atoms with E-state index in [9.17, 15) is 0 Å². The van der Waals surface area contributed by atoms with Crippen molar-refractivity contribution in [3.8, 4) is 11.3 Å². The van der Waals surface area contributed by atoms with Gasteiger partial charge in [-0.25, -0.2) is 9.50 Å². The number of hydrogen-bond donors (Lipinski definition) is 0. The second-order valence-corrected chi connectivity index (χ2v) is 3.89. The topological polar surface area (TPSA) is 30.2 Å². The number of aromatic nitrogens is 3. The Hall–Kier alpha value is -1.87. The fourth-order valence-electron chi connectivity index (χ4n) is 1.59.